The minimum absolute atomic E-state index is 0.0819. The molecular formula is C27H22FNO3. The van der Waals surface area contributed by atoms with Crippen LogP contribution >= 0.6 is 0 Å². The molecule has 0 aliphatic carbocycles. The van der Waals surface area contributed by atoms with Gasteiger partial charge >= 0.3 is 0 Å². The smallest absolute Gasteiger partial charge is 0.291 e. The molecule has 1 aromatic heterocycles. The Morgan fingerprint density at radius 2 is 1.56 bits per heavy atom. The lowest BCUT2D eigenvalue weighted by Crippen LogP contribution is -2.29. The van der Waals surface area contributed by atoms with E-state index in [-0.39, 0.29) is 29.5 Å². The third-order valence-corrected chi connectivity index (χ3v) is 6.24. The molecule has 0 saturated carbocycles. The summed E-state index contributed by atoms with van der Waals surface area (Å²) in [4.78, 5) is 28.8. The monoisotopic (exact) mass is 427 g/mol. The molecule has 0 radical (unpaired) electrons. The lowest BCUT2D eigenvalue weighted by atomic mass is 9.96. The summed E-state index contributed by atoms with van der Waals surface area (Å²) >= 11 is 0. The van der Waals surface area contributed by atoms with Crippen molar-refractivity contribution in [2.75, 3.05) is 0 Å². The van der Waals surface area contributed by atoms with Crippen molar-refractivity contribution < 1.29 is 13.6 Å². The standard InChI is InChI=1S/C27H22FNO3/c1-15-4-8-19(9-5-15)24-23-25(30)21-12-16(2)17(3)13-22(21)32-26(23)27(31)29(24)14-18-6-10-20(28)11-7-18/h4-13,24H,14H2,1-3H3. The molecule has 1 aliphatic heterocycles. The van der Waals surface area contributed by atoms with Gasteiger partial charge in [0.25, 0.3) is 5.91 Å². The van der Waals surface area contributed by atoms with Crippen molar-refractivity contribution in [3.63, 3.8) is 0 Å². The minimum Gasteiger partial charge on any atom is -0.450 e. The molecule has 4 nitrogen and oxygen atoms in total. The van der Waals surface area contributed by atoms with Gasteiger partial charge in [0.1, 0.15) is 11.4 Å². The van der Waals surface area contributed by atoms with Crippen molar-refractivity contribution in [1.29, 1.82) is 0 Å². The van der Waals surface area contributed by atoms with Crippen molar-refractivity contribution in [1.82, 2.24) is 4.90 Å². The number of fused-ring (bicyclic) bond motifs is 2. The second-order valence-electron chi connectivity index (χ2n) is 8.48. The van der Waals surface area contributed by atoms with Crippen LogP contribution in [0.3, 0.4) is 0 Å². The Hall–Kier alpha value is -3.73. The van der Waals surface area contributed by atoms with Crippen LogP contribution in [0.25, 0.3) is 11.0 Å². The van der Waals surface area contributed by atoms with E-state index in [1.54, 1.807) is 17.0 Å². The lowest BCUT2D eigenvalue weighted by Gasteiger charge is -2.25. The van der Waals surface area contributed by atoms with E-state index in [1.165, 1.54) is 12.1 Å². The van der Waals surface area contributed by atoms with E-state index in [2.05, 4.69) is 0 Å². The van der Waals surface area contributed by atoms with E-state index in [0.717, 1.165) is 27.8 Å². The predicted octanol–water partition coefficient (Wildman–Crippen LogP) is 5.60. The van der Waals surface area contributed by atoms with E-state index in [4.69, 9.17) is 4.42 Å². The quantitative estimate of drug-likeness (QED) is 0.427. The topological polar surface area (TPSA) is 50.5 Å². The van der Waals surface area contributed by atoms with Gasteiger partial charge in [0, 0.05) is 6.54 Å². The summed E-state index contributed by atoms with van der Waals surface area (Å²) in [6.07, 6.45) is 0. The number of carbonyl (C=O) groups is 1. The number of hydrogen-bond donors (Lipinski definition) is 0. The molecule has 0 N–H and O–H groups in total. The van der Waals surface area contributed by atoms with Gasteiger partial charge in [-0.3, -0.25) is 9.59 Å². The largest absolute Gasteiger partial charge is 0.450 e. The molecule has 0 spiro atoms. The molecule has 2 heterocycles. The number of rotatable bonds is 3. The van der Waals surface area contributed by atoms with Crippen molar-refractivity contribution in [2.24, 2.45) is 0 Å². The summed E-state index contributed by atoms with van der Waals surface area (Å²) in [5, 5.41) is 0.473. The molecule has 1 unspecified atom stereocenters. The zero-order chi connectivity index (χ0) is 22.6. The van der Waals surface area contributed by atoms with Gasteiger partial charge in [0.2, 0.25) is 5.76 Å². The summed E-state index contributed by atoms with van der Waals surface area (Å²) in [7, 11) is 0. The molecule has 160 valence electrons. The molecule has 5 heteroatoms. The minimum atomic E-state index is -0.578. The van der Waals surface area contributed by atoms with Crippen molar-refractivity contribution in [3.05, 3.63) is 116 Å². The van der Waals surface area contributed by atoms with Crippen LogP contribution in [0.2, 0.25) is 0 Å². The number of carbonyl (C=O) groups excluding carboxylic acids is 1. The summed E-state index contributed by atoms with van der Waals surface area (Å²) in [6.45, 7) is 6.11. The summed E-state index contributed by atoms with van der Waals surface area (Å²) < 4.78 is 19.5. The van der Waals surface area contributed by atoms with E-state index in [1.807, 2.05) is 57.2 Å². The Labute approximate surface area is 184 Å². The summed E-state index contributed by atoms with van der Waals surface area (Å²) in [5.74, 6) is -0.598. The fourth-order valence-electron chi connectivity index (χ4n) is 4.32. The number of aryl methyl sites for hydroxylation is 3. The van der Waals surface area contributed by atoms with Crippen molar-refractivity contribution in [3.8, 4) is 0 Å². The highest BCUT2D eigenvalue weighted by molar-refractivity contribution is 5.99. The van der Waals surface area contributed by atoms with E-state index in [9.17, 15) is 14.0 Å². The highest BCUT2D eigenvalue weighted by Crippen LogP contribution is 2.39. The van der Waals surface area contributed by atoms with Crippen LogP contribution in [0.4, 0.5) is 4.39 Å². The Kier molecular flexibility index (Phi) is 4.70. The first-order chi connectivity index (χ1) is 15.3. The van der Waals surface area contributed by atoms with Gasteiger partial charge in [-0.25, -0.2) is 4.39 Å². The number of hydrogen-bond acceptors (Lipinski definition) is 3. The fraction of sp³-hybridized carbons (Fsp3) is 0.185. The predicted molar refractivity (Wildman–Crippen MR) is 121 cm³/mol. The first kappa shape index (κ1) is 20.2. The molecule has 32 heavy (non-hydrogen) atoms. The van der Waals surface area contributed by atoms with Gasteiger partial charge in [-0.2, -0.15) is 0 Å². The SMILES string of the molecule is Cc1ccc(C2c3c(oc4cc(C)c(C)cc4c3=O)C(=O)N2Cc2ccc(F)cc2)cc1. The molecule has 5 rings (SSSR count). The maximum atomic E-state index is 13.6. The lowest BCUT2D eigenvalue weighted by molar-refractivity contribution is 0.0714. The second-order valence-corrected chi connectivity index (χ2v) is 8.48. The van der Waals surface area contributed by atoms with Gasteiger partial charge in [-0.15, -0.1) is 0 Å². The Balaban J connectivity index is 1.73. The Morgan fingerprint density at radius 1 is 0.906 bits per heavy atom. The van der Waals surface area contributed by atoms with Crippen molar-refractivity contribution in [2.45, 2.75) is 33.4 Å². The molecule has 1 aliphatic rings. The zero-order valence-electron chi connectivity index (χ0n) is 18.1. The van der Waals surface area contributed by atoms with Gasteiger partial charge in [0.15, 0.2) is 5.43 Å². The van der Waals surface area contributed by atoms with Gasteiger partial charge in [-0.05, 0) is 67.3 Å². The van der Waals surface area contributed by atoms with Crippen LogP contribution in [0, 0.1) is 26.6 Å². The van der Waals surface area contributed by atoms with Gasteiger partial charge in [0.05, 0.1) is 17.0 Å². The Bertz CT molecular complexity index is 1420. The highest BCUT2D eigenvalue weighted by Gasteiger charge is 2.42. The van der Waals surface area contributed by atoms with Crippen LogP contribution in [-0.2, 0) is 6.54 Å². The average molecular weight is 427 g/mol. The average Bonchev–Trinajstić information content (AvgIpc) is 3.04. The first-order valence-electron chi connectivity index (χ1n) is 10.5. The molecular weight excluding hydrogens is 405 g/mol. The van der Waals surface area contributed by atoms with Crippen LogP contribution in [0.1, 0.15) is 50.0 Å². The molecule has 4 aromatic rings. The third kappa shape index (κ3) is 3.21. The molecule has 0 fully saturated rings. The summed E-state index contributed by atoms with van der Waals surface area (Å²) in [6, 6.07) is 16.9. The van der Waals surface area contributed by atoms with Crippen LogP contribution in [0.5, 0.6) is 0 Å². The maximum absolute atomic E-state index is 13.6. The number of amides is 1. The molecule has 1 amide bonds. The third-order valence-electron chi connectivity index (χ3n) is 6.24. The maximum Gasteiger partial charge on any atom is 0.291 e. The molecule has 0 bridgehead atoms. The van der Waals surface area contributed by atoms with E-state index in [0.29, 0.717) is 16.5 Å². The summed E-state index contributed by atoms with van der Waals surface area (Å²) in [5.41, 5.74) is 5.25. The first-order valence-corrected chi connectivity index (χ1v) is 10.5. The van der Waals surface area contributed by atoms with Crippen molar-refractivity contribution >= 4 is 16.9 Å². The normalized spacial score (nSPS) is 15.4. The Morgan fingerprint density at radius 3 is 2.25 bits per heavy atom. The van der Waals surface area contributed by atoms with Crippen LogP contribution in [-0.4, -0.2) is 10.8 Å². The number of nitrogens with zero attached hydrogens (tertiary/aromatic N) is 1. The molecule has 1 atom stereocenters. The fourth-order valence-corrected chi connectivity index (χ4v) is 4.32. The molecule has 0 saturated heterocycles. The van der Waals surface area contributed by atoms with Gasteiger partial charge in [-0.1, -0.05) is 42.0 Å². The highest BCUT2D eigenvalue weighted by atomic mass is 19.1. The van der Waals surface area contributed by atoms with Gasteiger partial charge < -0.3 is 9.32 Å². The zero-order valence-corrected chi connectivity index (χ0v) is 18.1. The van der Waals surface area contributed by atoms with E-state index >= 15 is 0 Å². The van der Waals surface area contributed by atoms with E-state index < -0.39 is 6.04 Å². The number of benzene rings is 3. The second kappa shape index (κ2) is 7.45. The molecule has 3 aromatic carbocycles. The van der Waals surface area contributed by atoms with Crippen LogP contribution in [0.15, 0.2) is 69.9 Å². The number of halogens is 1. The van der Waals surface area contributed by atoms with Crippen LogP contribution < -0.4 is 5.43 Å².